The molecule has 3 N–H and O–H groups in total. The number of aromatic nitrogens is 1. The van der Waals surface area contributed by atoms with Crippen LogP contribution in [0.5, 0.6) is 0 Å². The van der Waals surface area contributed by atoms with Gasteiger partial charge in [0.05, 0.1) is 4.90 Å². The second-order valence-electron chi connectivity index (χ2n) is 4.07. The predicted octanol–water partition coefficient (Wildman–Crippen LogP) is 1.19. The molecular formula is C13H13N3O2S2. The van der Waals surface area contributed by atoms with E-state index in [1.54, 1.807) is 36.7 Å². The molecule has 1 heterocycles. The van der Waals surface area contributed by atoms with Gasteiger partial charge in [-0.15, -0.1) is 0 Å². The SMILES string of the molecule is NC(=S)c1cccc(S(=O)(=O)NCc2ccncc2)c1. The number of rotatable bonds is 5. The van der Waals surface area contributed by atoms with E-state index in [1.165, 1.54) is 12.1 Å². The van der Waals surface area contributed by atoms with Gasteiger partial charge in [0.2, 0.25) is 10.0 Å². The number of nitrogens with zero attached hydrogens (tertiary/aromatic N) is 1. The van der Waals surface area contributed by atoms with Crippen molar-refractivity contribution in [1.82, 2.24) is 9.71 Å². The summed E-state index contributed by atoms with van der Waals surface area (Å²) >= 11 is 4.84. The Hall–Kier alpha value is -1.83. The first-order valence-corrected chi connectivity index (χ1v) is 7.66. The van der Waals surface area contributed by atoms with Gasteiger partial charge in [0.1, 0.15) is 4.99 Å². The Bertz CT molecular complexity index is 715. The summed E-state index contributed by atoms with van der Waals surface area (Å²) in [6.07, 6.45) is 3.22. The highest BCUT2D eigenvalue weighted by molar-refractivity contribution is 7.89. The van der Waals surface area contributed by atoms with Crippen LogP contribution < -0.4 is 10.5 Å². The highest BCUT2D eigenvalue weighted by atomic mass is 32.2. The van der Waals surface area contributed by atoms with E-state index in [4.69, 9.17) is 18.0 Å². The summed E-state index contributed by atoms with van der Waals surface area (Å²) in [5, 5.41) is 0. The monoisotopic (exact) mass is 307 g/mol. The fourth-order valence-electron chi connectivity index (χ4n) is 1.58. The Balaban J connectivity index is 2.18. The van der Waals surface area contributed by atoms with Crippen LogP contribution in [0.1, 0.15) is 11.1 Å². The van der Waals surface area contributed by atoms with E-state index in [1.807, 2.05) is 0 Å². The first-order chi connectivity index (χ1) is 9.49. The number of sulfonamides is 1. The van der Waals surface area contributed by atoms with Gasteiger partial charge in [-0.25, -0.2) is 13.1 Å². The van der Waals surface area contributed by atoms with E-state index in [2.05, 4.69) is 9.71 Å². The maximum absolute atomic E-state index is 12.2. The van der Waals surface area contributed by atoms with E-state index in [-0.39, 0.29) is 16.4 Å². The molecule has 5 nitrogen and oxygen atoms in total. The first kappa shape index (κ1) is 14.6. The molecule has 0 aliphatic rings. The molecule has 0 bridgehead atoms. The molecule has 0 atom stereocenters. The zero-order valence-corrected chi connectivity index (χ0v) is 12.1. The van der Waals surface area contributed by atoms with Crippen LogP contribution in [0.3, 0.4) is 0 Å². The van der Waals surface area contributed by atoms with Crippen molar-refractivity contribution in [3.05, 3.63) is 59.9 Å². The molecule has 104 valence electrons. The van der Waals surface area contributed by atoms with Gasteiger partial charge >= 0.3 is 0 Å². The van der Waals surface area contributed by atoms with Crippen molar-refractivity contribution in [3.8, 4) is 0 Å². The molecule has 20 heavy (non-hydrogen) atoms. The minimum atomic E-state index is -3.60. The Labute approximate surface area is 122 Å². The summed E-state index contributed by atoms with van der Waals surface area (Å²) in [6.45, 7) is 0.197. The van der Waals surface area contributed by atoms with Crippen LogP contribution in [-0.2, 0) is 16.6 Å². The number of hydrogen-bond acceptors (Lipinski definition) is 4. The molecular weight excluding hydrogens is 294 g/mol. The van der Waals surface area contributed by atoms with Gasteiger partial charge in [0.15, 0.2) is 0 Å². The lowest BCUT2D eigenvalue weighted by molar-refractivity contribution is 0.581. The van der Waals surface area contributed by atoms with E-state index in [9.17, 15) is 8.42 Å². The minimum Gasteiger partial charge on any atom is -0.389 e. The van der Waals surface area contributed by atoms with Gasteiger partial charge in [-0.05, 0) is 29.8 Å². The lowest BCUT2D eigenvalue weighted by atomic mass is 10.2. The Kier molecular flexibility index (Phi) is 4.43. The van der Waals surface area contributed by atoms with E-state index in [0.717, 1.165) is 5.56 Å². The maximum Gasteiger partial charge on any atom is 0.240 e. The molecule has 0 saturated carbocycles. The van der Waals surface area contributed by atoms with Gasteiger partial charge in [-0.3, -0.25) is 4.98 Å². The fraction of sp³-hybridized carbons (Fsp3) is 0.0769. The second kappa shape index (κ2) is 6.08. The lowest BCUT2D eigenvalue weighted by Gasteiger charge is -2.08. The fourth-order valence-corrected chi connectivity index (χ4v) is 2.77. The molecule has 0 radical (unpaired) electrons. The van der Waals surface area contributed by atoms with Gasteiger partial charge in [-0.1, -0.05) is 24.4 Å². The van der Waals surface area contributed by atoms with Crippen molar-refractivity contribution in [2.45, 2.75) is 11.4 Å². The number of nitrogens with one attached hydrogen (secondary N) is 1. The normalized spacial score (nSPS) is 11.2. The van der Waals surface area contributed by atoms with E-state index >= 15 is 0 Å². The van der Waals surface area contributed by atoms with Crippen molar-refractivity contribution >= 4 is 27.2 Å². The lowest BCUT2D eigenvalue weighted by Crippen LogP contribution is -2.23. The molecule has 7 heteroatoms. The van der Waals surface area contributed by atoms with Crippen molar-refractivity contribution < 1.29 is 8.42 Å². The molecule has 1 aromatic heterocycles. The van der Waals surface area contributed by atoms with Gasteiger partial charge in [0.25, 0.3) is 0 Å². The number of pyridine rings is 1. The van der Waals surface area contributed by atoms with Crippen LogP contribution in [-0.4, -0.2) is 18.4 Å². The van der Waals surface area contributed by atoms with Crippen molar-refractivity contribution in [1.29, 1.82) is 0 Å². The number of nitrogens with two attached hydrogens (primary N) is 1. The third-order valence-corrected chi connectivity index (χ3v) is 4.28. The van der Waals surface area contributed by atoms with Gasteiger partial charge in [-0.2, -0.15) is 0 Å². The molecule has 0 unspecified atom stereocenters. The minimum absolute atomic E-state index is 0.136. The standard InChI is InChI=1S/C13H13N3O2S2/c14-13(19)11-2-1-3-12(8-11)20(17,18)16-9-10-4-6-15-7-5-10/h1-8,16H,9H2,(H2,14,19). The smallest absolute Gasteiger partial charge is 0.240 e. The Morgan fingerprint density at radius 1 is 1.25 bits per heavy atom. The summed E-state index contributed by atoms with van der Waals surface area (Å²) < 4.78 is 26.9. The topological polar surface area (TPSA) is 85.1 Å². The zero-order chi connectivity index (χ0) is 14.6. The summed E-state index contributed by atoms with van der Waals surface area (Å²) in [5.41, 5.74) is 6.85. The van der Waals surface area contributed by atoms with Crippen LogP contribution in [0.2, 0.25) is 0 Å². The largest absolute Gasteiger partial charge is 0.389 e. The summed E-state index contributed by atoms with van der Waals surface area (Å²) in [5.74, 6) is 0. The van der Waals surface area contributed by atoms with Crippen LogP contribution in [0.15, 0.2) is 53.7 Å². The molecule has 0 spiro atoms. The molecule has 0 amide bonds. The van der Waals surface area contributed by atoms with Crippen molar-refractivity contribution in [2.75, 3.05) is 0 Å². The van der Waals surface area contributed by atoms with Crippen LogP contribution in [0, 0.1) is 0 Å². The average molecular weight is 307 g/mol. The average Bonchev–Trinajstić information content (AvgIpc) is 2.46. The zero-order valence-electron chi connectivity index (χ0n) is 10.5. The highest BCUT2D eigenvalue weighted by Gasteiger charge is 2.14. The highest BCUT2D eigenvalue weighted by Crippen LogP contribution is 2.12. The Morgan fingerprint density at radius 3 is 2.60 bits per heavy atom. The predicted molar refractivity (Wildman–Crippen MR) is 80.6 cm³/mol. The van der Waals surface area contributed by atoms with Crippen LogP contribution >= 0.6 is 12.2 Å². The maximum atomic E-state index is 12.2. The third-order valence-electron chi connectivity index (χ3n) is 2.64. The molecule has 0 aliphatic carbocycles. The number of benzene rings is 1. The van der Waals surface area contributed by atoms with E-state index < -0.39 is 10.0 Å². The first-order valence-electron chi connectivity index (χ1n) is 5.77. The third kappa shape index (κ3) is 3.60. The van der Waals surface area contributed by atoms with E-state index in [0.29, 0.717) is 5.56 Å². The number of hydrogen-bond donors (Lipinski definition) is 2. The molecule has 0 aliphatic heterocycles. The summed E-state index contributed by atoms with van der Waals surface area (Å²) in [7, 11) is -3.60. The molecule has 0 fully saturated rings. The summed E-state index contributed by atoms with van der Waals surface area (Å²) in [6, 6.07) is 9.72. The Morgan fingerprint density at radius 2 is 1.95 bits per heavy atom. The molecule has 0 saturated heterocycles. The van der Waals surface area contributed by atoms with Crippen LogP contribution in [0.25, 0.3) is 0 Å². The molecule has 2 aromatic rings. The second-order valence-corrected chi connectivity index (χ2v) is 6.28. The van der Waals surface area contributed by atoms with Crippen LogP contribution in [0.4, 0.5) is 0 Å². The number of thiocarbonyl (C=S) groups is 1. The molecule has 2 rings (SSSR count). The van der Waals surface area contributed by atoms with Crippen molar-refractivity contribution in [2.24, 2.45) is 5.73 Å². The van der Waals surface area contributed by atoms with Gasteiger partial charge < -0.3 is 5.73 Å². The summed E-state index contributed by atoms with van der Waals surface area (Å²) in [4.78, 5) is 4.17. The molecule has 1 aromatic carbocycles. The quantitative estimate of drug-likeness (QED) is 0.811. The van der Waals surface area contributed by atoms with Gasteiger partial charge in [0, 0.05) is 24.5 Å². The van der Waals surface area contributed by atoms with Crippen molar-refractivity contribution in [3.63, 3.8) is 0 Å².